The zero-order chi connectivity index (χ0) is 25.1. The first-order valence-corrected chi connectivity index (χ1v) is 11.7. The summed E-state index contributed by atoms with van der Waals surface area (Å²) in [5, 5.41) is 7.76. The predicted octanol–water partition coefficient (Wildman–Crippen LogP) is 6.79. The minimum atomic E-state index is -0.391. The first-order valence-electron chi connectivity index (χ1n) is 11.3. The predicted molar refractivity (Wildman–Crippen MR) is 137 cm³/mol. The van der Waals surface area contributed by atoms with Crippen molar-refractivity contribution in [2.45, 2.75) is 40.8 Å². The number of para-hydroxylation sites is 1. The lowest BCUT2D eigenvalue weighted by Gasteiger charge is -2.12. The van der Waals surface area contributed by atoms with Crippen LogP contribution in [0.1, 0.15) is 44.0 Å². The number of nitrogens with zero attached hydrogens (tertiary/aromatic N) is 2. The van der Waals surface area contributed by atoms with Gasteiger partial charge >= 0.3 is 0 Å². The number of rotatable bonds is 7. The maximum atomic E-state index is 14.2. The van der Waals surface area contributed by atoms with E-state index in [9.17, 15) is 9.18 Å². The van der Waals surface area contributed by atoms with Crippen LogP contribution in [0.2, 0.25) is 5.02 Å². The van der Waals surface area contributed by atoms with Gasteiger partial charge in [0.25, 0.3) is 5.91 Å². The van der Waals surface area contributed by atoms with E-state index in [2.05, 4.69) is 10.4 Å². The summed E-state index contributed by atoms with van der Waals surface area (Å²) in [5.41, 5.74) is 5.97. The Labute approximate surface area is 209 Å². The van der Waals surface area contributed by atoms with E-state index in [0.717, 1.165) is 22.4 Å². The van der Waals surface area contributed by atoms with Gasteiger partial charge in [-0.15, -0.1) is 0 Å². The third-order valence-electron chi connectivity index (χ3n) is 6.00. The van der Waals surface area contributed by atoms with Gasteiger partial charge in [0, 0.05) is 16.1 Å². The van der Waals surface area contributed by atoms with Crippen LogP contribution in [0.5, 0.6) is 5.75 Å². The molecule has 0 aliphatic heterocycles. The Bertz CT molecular complexity index is 1340. The zero-order valence-electron chi connectivity index (χ0n) is 20.2. The third kappa shape index (κ3) is 5.38. The highest BCUT2D eigenvalue weighted by molar-refractivity contribution is 6.31. The Morgan fingerprint density at radius 3 is 2.31 bits per heavy atom. The number of anilines is 1. The Morgan fingerprint density at radius 2 is 1.66 bits per heavy atom. The van der Waals surface area contributed by atoms with Crippen LogP contribution in [-0.2, 0) is 13.2 Å². The van der Waals surface area contributed by atoms with Crippen molar-refractivity contribution >= 4 is 23.2 Å². The molecule has 3 aromatic carbocycles. The number of hydrogen-bond donors (Lipinski definition) is 1. The highest BCUT2D eigenvalue weighted by Crippen LogP contribution is 2.26. The van der Waals surface area contributed by atoms with E-state index in [-0.39, 0.29) is 12.5 Å². The second kappa shape index (κ2) is 10.3. The first-order chi connectivity index (χ1) is 16.7. The molecule has 0 spiro atoms. The average Bonchev–Trinajstić information content (AvgIpc) is 3.09. The summed E-state index contributed by atoms with van der Waals surface area (Å²) in [6.45, 7) is 8.26. The fourth-order valence-electron chi connectivity index (χ4n) is 3.99. The average molecular weight is 492 g/mol. The van der Waals surface area contributed by atoms with E-state index in [4.69, 9.17) is 16.3 Å². The van der Waals surface area contributed by atoms with Crippen LogP contribution in [0.25, 0.3) is 0 Å². The van der Waals surface area contributed by atoms with Crippen LogP contribution in [0, 0.1) is 33.5 Å². The topological polar surface area (TPSA) is 56.1 Å². The van der Waals surface area contributed by atoms with Crippen molar-refractivity contribution in [3.05, 3.63) is 111 Å². The molecule has 35 heavy (non-hydrogen) atoms. The first kappa shape index (κ1) is 24.5. The van der Waals surface area contributed by atoms with E-state index in [1.807, 2.05) is 51.1 Å². The number of aryl methyl sites for hydroxylation is 3. The molecule has 0 aliphatic rings. The van der Waals surface area contributed by atoms with Gasteiger partial charge in [-0.3, -0.25) is 9.48 Å². The van der Waals surface area contributed by atoms with Gasteiger partial charge in [0.2, 0.25) is 0 Å². The van der Waals surface area contributed by atoms with E-state index in [1.54, 1.807) is 35.9 Å². The molecule has 0 atom stereocenters. The number of benzene rings is 3. The molecule has 4 aromatic rings. The van der Waals surface area contributed by atoms with Crippen LogP contribution in [-0.4, -0.2) is 15.7 Å². The maximum Gasteiger partial charge on any atom is 0.255 e. The van der Waals surface area contributed by atoms with Crippen molar-refractivity contribution in [1.29, 1.82) is 0 Å². The summed E-state index contributed by atoms with van der Waals surface area (Å²) < 4.78 is 21.9. The minimum absolute atomic E-state index is 0.170. The molecule has 0 bridgehead atoms. The Morgan fingerprint density at radius 1 is 1.00 bits per heavy atom. The molecule has 0 saturated heterocycles. The largest absolute Gasteiger partial charge is 0.488 e. The monoisotopic (exact) mass is 491 g/mol. The summed E-state index contributed by atoms with van der Waals surface area (Å²) in [4.78, 5) is 12.9. The fourth-order valence-corrected chi connectivity index (χ4v) is 4.21. The Kier molecular flexibility index (Phi) is 7.22. The number of carbonyl (C=O) groups is 1. The molecule has 0 fully saturated rings. The van der Waals surface area contributed by atoms with Gasteiger partial charge in [0.15, 0.2) is 0 Å². The van der Waals surface area contributed by atoms with Crippen molar-refractivity contribution in [2.75, 3.05) is 5.32 Å². The molecular weight excluding hydrogens is 465 g/mol. The Balaban J connectivity index is 1.44. The van der Waals surface area contributed by atoms with Crippen molar-refractivity contribution < 1.29 is 13.9 Å². The van der Waals surface area contributed by atoms with Crippen LogP contribution in [0.4, 0.5) is 10.1 Å². The number of carbonyl (C=O) groups excluding carboxylic acids is 1. The van der Waals surface area contributed by atoms with Gasteiger partial charge in [-0.25, -0.2) is 4.39 Å². The summed E-state index contributed by atoms with van der Waals surface area (Å²) in [5.74, 6) is 0.244. The highest BCUT2D eigenvalue weighted by atomic mass is 35.5. The molecule has 5 nitrogen and oxygen atoms in total. The maximum absolute atomic E-state index is 14.2. The summed E-state index contributed by atoms with van der Waals surface area (Å²) in [6.07, 6.45) is 0. The lowest BCUT2D eigenvalue weighted by Crippen LogP contribution is -2.13. The molecule has 0 radical (unpaired) electrons. The standard InChI is InChI=1S/C28H27ClFN3O2/c1-17-7-5-8-18(2)27(17)35-16-21-11-13-22(14-12-21)28(34)31-26-19(3)32-33(20(26)4)15-23-24(29)9-6-10-25(23)30/h5-14H,15-16H2,1-4H3,(H,31,34). The van der Waals surface area contributed by atoms with E-state index >= 15 is 0 Å². The number of ether oxygens (including phenoxy) is 1. The SMILES string of the molecule is Cc1cccc(C)c1OCc1ccc(C(=O)Nc2c(C)nn(Cc3c(F)cccc3Cl)c2C)cc1. The van der Waals surface area contributed by atoms with Gasteiger partial charge in [-0.05, 0) is 68.7 Å². The van der Waals surface area contributed by atoms with Crippen molar-refractivity contribution in [3.63, 3.8) is 0 Å². The van der Waals surface area contributed by atoms with Gasteiger partial charge < -0.3 is 10.1 Å². The molecule has 0 aliphatic carbocycles. The zero-order valence-corrected chi connectivity index (χ0v) is 20.9. The second-order valence-electron chi connectivity index (χ2n) is 8.56. The number of halogens is 2. The molecular formula is C28H27ClFN3O2. The number of amides is 1. The van der Waals surface area contributed by atoms with Gasteiger partial charge in [0.05, 0.1) is 23.6 Å². The highest BCUT2D eigenvalue weighted by Gasteiger charge is 2.17. The van der Waals surface area contributed by atoms with Gasteiger partial charge in [-0.2, -0.15) is 5.10 Å². The van der Waals surface area contributed by atoms with Crippen molar-refractivity contribution in [2.24, 2.45) is 0 Å². The van der Waals surface area contributed by atoms with Gasteiger partial charge in [-0.1, -0.05) is 48.0 Å². The molecule has 1 aromatic heterocycles. The van der Waals surface area contributed by atoms with Crippen LogP contribution < -0.4 is 10.1 Å². The Hall–Kier alpha value is -3.64. The number of hydrogen-bond acceptors (Lipinski definition) is 3. The lowest BCUT2D eigenvalue weighted by atomic mass is 10.1. The second-order valence-corrected chi connectivity index (χ2v) is 8.97. The van der Waals surface area contributed by atoms with E-state index in [0.29, 0.717) is 39.8 Å². The summed E-state index contributed by atoms with van der Waals surface area (Å²) in [6, 6.07) is 17.9. The lowest BCUT2D eigenvalue weighted by molar-refractivity contribution is 0.102. The molecule has 0 unspecified atom stereocenters. The molecule has 1 amide bonds. The number of aromatic nitrogens is 2. The van der Waals surface area contributed by atoms with Crippen LogP contribution >= 0.6 is 11.6 Å². The smallest absolute Gasteiger partial charge is 0.255 e. The summed E-state index contributed by atoms with van der Waals surface area (Å²) >= 11 is 6.17. The number of nitrogens with one attached hydrogen (secondary N) is 1. The van der Waals surface area contributed by atoms with Crippen molar-refractivity contribution in [3.8, 4) is 5.75 Å². The molecule has 4 rings (SSSR count). The normalized spacial score (nSPS) is 10.9. The van der Waals surface area contributed by atoms with Crippen LogP contribution in [0.15, 0.2) is 60.7 Å². The van der Waals surface area contributed by atoms with Crippen molar-refractivity contribution in [1.82, 2.24) is 9.78 Å². The molecule has 180 valence electrons. The minimum Gasteiger partial charge on any atom is -0.488 e. The van der Waals surface area contributed by atoms with E-state index in [1.165, 1.54) is 6.07 Å². The quantitative estimate of drug-likeness (QED) is 0.309. The van der Waals surface area contributed by atoms with Crippen LogP contribution in [0.3, 0.4) is 0 Å². The van der Waals surface area contributed by atoms with E-state index < -0.39 is 5.82 Å². The molecule has 1 N–H and O–H groups in total. The fraction of sp³-hybridized carbons (Fsp3) is 0.214. The van der Waals surface area contributed by atoms with Gasteiger partial charge in [0.1, 0.15) is 18.2 Å². The molecule has 7 heteroatoms. The molecule has 0 saturated carbocycles. The third-order valence-corrected chi connectivity index (χ3v) is 6.35. The molecule has 1 heterocycles. The summed E-state index contributed by atoms with van der Waals surface area (Å²) in [7, 11) is 0.